The second-order valence-corrected chi connectivity index (χ2v) is 5.47. The van der Waals surface area contributed by atoms with Crippen LogP contribution < -0.4 is 16.2 Å². The monoisotopic (exact) mass is 347 g/mol. The maximum absolute atomic E-state index is 9.23. The molecule has 108 valence electrons. The first-order valence-corrected chi connectivity index (χ1v) is 7.01. The predicted octanol–water partition coefficient (Wildman–Crippen LogP) is 2.73. The number of anilines is 2. The first-order valence-electron chi connectivity index (χ1n) is 6.22. The van der Waals surface area contributed by atoms with E-state index in [1.54, 1.807) is 12.1 Å². The van der Waals surface area contributed by atoms with Gasteiger partial charge in [0.2, 0.25) is 5.95 Å². The number of rotatable bonds is 3. The van der Waals surface area contributed by atoms with E-state index in [4.69, 9.17) is 16.2 Å². The van der Waals surface area contributed by atoms with Crippen molar-refractivity contribution < 1.29 is 4.74 Å². The molecule has 0 aliphatic heterocycles. The van der Waals surface area contributed by atoms with E-state index in [1.807, 2.05) is 26.0 Å². The second kappa shape index (κ2) is 5.97. The number of benzene rings is 1. The molecule has 6 nitrogen and oxygen atoms in total. The lowest BCUT2D eigenvalue weighted by Crippen LogP contribution is -2.07. The molecule has 0 saturated carbocycles. The molecule has 0 aliphatic carbocycles. The summed E-state index contributed by atoms with van der Waals surface area (Å²) >= 11 is 3.42. The summed E-state index contributed by atoms with van der Waals surface area (Å²) < 4.78 is 6.52. The minimum Gasteiger partial charge on any atom is -0.490 e. The highest BCUT2D eigenvalue weighted by Crippen LogP contribution is 2.33. The summed E-state index contributed by atoms with van der Waals surface area (Å²) in [4.78, 5) is 7.92. The van der Waals surface area contributed by atoms with Gasteiger partial charge in [0.25, 0.3) is 0 Å². The predicted molar refractivity (Wildman–Crippen MR) is 84.5 cm³/mol. The molecule has 2 aromatic rings. The first-order chi connectivity index (χ1) is 9.92. The largest absolute Gasteiger partial charge is 0.490 e. The number of ether oxygens (including phenoxy) is 1. The zero-order chi connectivity index (χ0) is 15.6. The number of nitriles is 1. The van der Waals surface area contributed by atoms with E-state index in [9.17, 15) is 5.26 Å². The van der Waals surface area contributed by atoms with Crippen molar-refractivity contribution in [1.82, 2.24) is 9.97 Å². The van der Waals surface area contributed by atoms with Gasteiger partial charge in [-0.05, 0) is 41.9 Å². The molecule has 7 heteroatoms. The first kappa shape index (κ1) is 15.1. The highest BCUT2D eigenvalue weighted by atomic mass is 79.9. The summed E-state index contributed by atoms with van der Waals surface area (Å²) in [7, 11) is 0. The van der Waals surface area contributed by atoms with Crippen LogP contribution in [0.1, 0.15) is 19.4 Å². The molecule has 0 fully saturated rings. The molecule has 0 amide bonds. The van der Waals surface area contributed by atoms with Crippen LogP contribution in [0.2, 0.25) is 0 Å². The molecule has 0 spiro atoms. The van der Waals surface area contributed by atoms with Gasteiger partial charge in [0, 0.05) is 5.56 Å². The van der Waals surface area contributed by atoms with Crippen molar-refractivity contribution in [2.75, 3.05) is 11.5 Å². The molecule has 1 aromatic heterocycles. The minimum atomic E-state index is 0.0209. The Bertz CT molecular complexity index is 724. The third kappa shape index (κ3) is 3.23. The molecular weight excluding hydrogens is 334 g/mol. The fourth-order valence-electron chi connectivity index (χ4n) is 1.81. The quantitative estimate of drug-likeness (QED) is 0.882. The fraction of sp³-hybridized carbons (Fsp3) is 0.214. The maximum Gasteiger partial charge on any atom is 0.222 e. The topological polar surface area (TPSA) is 111 Å². The van der Waals surface area contributed by atoms with Gasteiger partial charge in [-0.15, -0.1) is 0 Å². The van der Waals surface area contributed by atoms with Crippen molar-refractivity contribution in [2.45, 2.75) is 20.0 Å². The zero-order valence-corrected chi connectivity index (χ0v) is 13.2. The normalized spacial score (nSPS) is 10.4. The Kier molecular flexibility index (Phi) is 4.29. The van der Waals surface area contributed by atoms with Crippen LogP contribution in [0.3, 0.4) is 0 Å². The van der Waals surface area contributed by atoms with Crippen molar-refractivity contribution in [1.29, 1.82) is 5.26 Å². The number of hydrogen-bond donors (Lipinski definition) is 2. The van der Waals surface area contributed by atoms with Gasteiger partial charge in [-0.2, -0.15) is 10.2 Å². The molecule has 0 radical (unpaired) electrons. The van der Waals surface area contributed by atoms with E-state index in [-0.39, 0.29) is 23.4 Å². The summed E-state index contributed by atoms with van der Waals surface area (Å²) in [5, 5.41) is 9.23. The van der Waals surface area contributed by atoms with Crippen LogP contribution in [0.15, 0.2) is 22.7 Å². The highest BCUT2D eigenvalue weighted by molar-refractivity contribution is 9.10. The average molecular weight is 348 g/mol. The SMILES string of the molecule is CC(C)Oc1cc(-c2nc(N)nc(N)c2C#N)ccc1Br. The maximum atomic E-state index is 9.23. The standard InChI is InChI=1S/C14H14BrN5O/c1-7(2)21-11-5-8(3-4-10(11)15)12-9(6-16)13(17)20-14(18)19-12/h3-5,7H,1-2H3,(H4,17,18,19,20). The summed E-state index contributed by atoms with van der Waals surface area (Å²) in [6, 6.07) is 7.42. The van der Waals surface area contributed by atoms with Gasteiger partial charge in [-0.1, -0.05) is 6.07 Å². The lowest BCUT2D eigenvalue weighted by Gasteiger charge is -2.13. The van der Waals surface area contributed by atoms with Gasteiger partial charge in [0.15, 0.2) is 0 Å². The highest BCUT2D eigenvalue weighted by Gasteiger charge is 2.15. The van der Waals surface area contributed by atoms with E-state index >= 15 is 0 Å². The summed E-state index contributed by atoms with van der Waals surface area (Å²) in [6.45, 7) is 3.86. The van der Waals surface area contributed by atoms with Crippen molar-refractivity contribution in [2.24, 2.45) is 0 Å². The van der Waals surface area contributed by atoms with Crippen LogP contribution in [0, 0.1) is 11.3 Å². The third-order valence-corrected chi connectivity index (χ3v) is 3.29. The Morgan fingerprint density at radius 2 is 2.00 bits per heavy atom. The molecule has 21 heavy (non-hydrogen) atoms. The van der Waals surface area contributed by atoms with E-state index in [0.717, 1.165) is 4.47 Å². The van der Waals surface area contributed by atoms with Gasteiger partial charge in [-0.3, -0.25) is 0 Å². The lowest BCUT2D eigenvalue weighted by atomic mass is 10.1. The summed E-state index contributed by atoms with van der Waals surface area (Å²) in [5.74, 6) is 0.743. The Morgan fingerprint density at radius 3 is 2.62 bits per heavy atom. The summed E-state index contributed by atoms with van der Waals surface area (Å²) in [6.07, 6.45) is 0.0209. The second-order valence-electron chi connectivity index (χ2n) is 4.61. The van der Waals surface area contributed by atoms with Crippen LogP contribution in [-0.2, 0) is 0 Å². The lowest BCUT2D eigenvalue weighted by molar-refractivity contribution is 0.241. The van der Waals surface area contributed by atoms with Gasteiger partial charge in [0.1, 0.15) is 23.2 Å². The number of halogens is 1. The molecule has 0 unspecified atom stereocenters. The smallest absolute Gasteiger partial charge is 0.222 e. The van der Waals surface area contributed by atoms with E-state index < -0.39 is 0 Å². The Hall–Kier alpha value is -2.33. The Morgan fingerprint density at radius 1 is 1.29 bits per heavy atom. The average Bonchev–Trinajstić information content (AvgIpc) is 2.40. The van der Waals surface area contributed by atoms with Crippen molar-refractivity contribution in [3.05, 3.63) is 28.2 Å². The van der Waals surface area contributed by atoms with Gasteiger partial charge < -0.3 is 16.2 Å². The van der Waals surface area contributed by atoms with Crippen LogP contribution in [0.25, 0.3) is 11.3 Å². The fourth-order valence-corrected chi connectivity index (χ4v) is 2.15. The summed E-state index contributed by atoms with van der Waals surface area (Å²) in [5.41, 5.74) is 12.6. The van der Waals surface area contributed by atoms with Crippen LogP contribution in [0.4, 0.5) is 11.8 Å². The molecule has 0 aliphatic rings. The minimum absolute atomic E-state index is 0.0209. The third-order valence-electron chi connectivity index (χ3n) is 2.63. The molecule has 0 bridgehead atoms. The van der Waals surface area contributed by atoms with E-state index in [2.05, 4.69) is 25.9 Å². The molecule has 1 heterocycles. The molecular formula is C14H14BrN5O. The van der Waals surface area contributed by atoms with Crippen molar-refractivity contribution >= 4 is 27.7 Å². The Labute approximate surface area is 130 Å². The number of nitrogens with two attached hydrogens (primary N) is 2. The zero-order valence-electron chi connectivity index (χ0n) is 11.6. The molecule has 2 rings (SSSR count). The van der Waals surface area contributed by atoms with Crippen molar-refractivity contribution in [3.8, 4) is 23.1 Å². The van der Waals surface area contributed by atoms with E-state index in [1.165, 1.54) is 0 Å². The molecule has 1 aromatic carbocycles. The van der Waals surface area contributed by atoms with Crippen LogP contribution in [0.5, 0.6) is 5.75 Å². The van der Waals surface area contributed by atoms with Crippen LogP contribution in [-0.4, -0.2) is 16.1 Å². The van der Waals surface area contributed by atoms with Gasteiger partial charge in [-0.25, -0.2) is 4.98 Å². The number of hydrogen-bond acceptors (Lipinski definition) is 6. The molecule has 0 atom stereocenters. The van der Waals surface area contributed by atoms with Gasteiger partial charge >= 0.3 is 0 Å². The van der Waals surface area contributed by atoms with E-state index in [0.29, 0.717) is 17.0 Å². The van der Waals surface area contributed by atoms with Crippen molar-refractivity contribution in [3.63, 3.8) is 0 Å². The number of nitrogen functional groups attached to an aromatic ring is 2. The molecule has 4 N–H and O–H groups in total. The van der Waals surface area contributed by atoms with Gasteiger partial charge in [0.05, 0.1) is 16.3 Å². The molecule has 0 saturated heterocycles. The van der Waals surface area contributed by atoms with Crippen LogP contribution >= 0.6 is 15.9 Å². The number of nitrogens with zero attached hydrogens (tertiary/aromatic N) is 3. The number of aromatic nitrogens is 2. The Balaban J connectivity index is 2.60.